The highest BCUT2D eigenvalue weighted by atomic mass is 35.5. The minimum Gasteiger partial charge on any atom is -0.492 e. The smallest absolute Gasteiger partial charge is 0.268 e. The van der Waals surface area contributed by atoms with Gasteiger partial charge in [-0.15, -0.1) is 10.2 Å². The number of aryl methyl sites for hydroxylation is 2. The fourth-order valence-corrected chi connectivity index (χ4v) is 4.06. The van der Waals surface area contributed by atoms with Crippen LogP contribution in [-0.4, -0.2) is 27.3 Å². The van der Waals surface area contributed by atoms with Crippen molar-refractivity contribution < 1.29 is 9.53 Å². The van der Waals surface area contributed by atoms with Gasteiger partial charge in [0, 0.05) is 27.7 Å². The van der Waals surface area contributed by atoms with Crippen LogP contribution in [0.5, 0.6) is 5.75 Å². The molecular formula is C24H20ClN5O2S. The first-order chi connectivity index (χ1) is 15.9. The minimum absolute atomic E-state index is 0.0151. The van der Waals surface area contributed by atoms with Gasteiger partial charge in [0.25, 0.3) is 5.91 Å². The van der Waals surface area contributed by atoms with E-state index in [2.05, 4.69) is 15.5 Å². The van der Waals surface area contributed by atoms with E-state index in [-0.39, 0.29) is 5.57 Å². The molecule has 2 aromatic heterocycles. The zero-order valence-corrected chi connectivity index (χ0v) is 19.6. The molecule has 4 rings (SSSR count). The Morgan fingerprint density at radius 3 is 2.82 bits per heavy atom. The second-order valence-electron chi connectivity index (χ2n) is 7.30. The van der Waals surface area contributed by atoms with Crippen molar-refractivity contribution in [1.82, 2.24) is 14.8 Å². The maximum atomic E-state index is 12.6. The van der Waals surface area contributed by atoms with Gasteiger partial charge in [-0.25, -0.2) is 0 Å². The van der Waals surface area contributed by atoms with Gasteiger partial charge in [0.1, 0.15) is 29.0 Å². The lowest BCUT2D eigenvalue weighted by atomic mass is 10.1. The molecule has 0 aliphatic rings. The Labute approximate surface area is 199 Å². The third-order valence-electron chi connectivity index (χ3n) is 4.96. The number of fused-ring (bicyclic) bond motifs is 1. The van der Waals surface area contributed by atoms with E-state index in [0.29, 0.717) is 23.3 Å². The zero-order chi connectivity index (χ0) is 23.4. The first-order valence-electron chi connectivity index (χ1n) is 10.1. The SMILES string of the molecule is Cc1nnc(NC(=O)/C(C#N)=C\c2cn(CCOc3ccc(Cl)c(C)c3)c3ccccc23)s1. The summed E-state index contributed by atoms with van der Waals surface area (Å²) in [6, 6.07) is 15.4. The topological polar surface area (TPSA) is 92.8 Å². The van der Waals surface area contributed by atoms with Crippen LogP contribution in [-0.2, 0) is 11.3 Å². The standard InChI is InChI=1S/C24H20ClN5O2S/c1-15-11-19(7-8-21(15)25)32-10-9-30-14-18(20-5-3-4-6-22(20)30)12-17(13-26)23(31)27-24-29-28-16(2)33-24/h3-8,11-12,14H,9-10H2,1-2H3,(H,27,29,31)/b17-12-. The van der Waals surface area contributed by atoms with Crippen molar-refractivity contribution in [2.75, 3.05) is 11.9 Å². The van der Waals surface area contributed by atoms with Crippen LogP contribution in [0.15, 0.2) is 54.2 Å². The quantitative estimate of drug-likeness (QED) is 0.284. The molecule has 0 fully saturated rings. The predicted octanol–water partition coefficient (Wildman–Crippen LogP) is 5.39. The van der Waals surface area contributed by atoms with Crippen molar-refractivity contribution in [1.29, 1.82) is 5.26 Å². The molecule has 1 N–H and O–H groups in total. The van der Waals surface area contributed by atoms with Crippen LogP contribution in [0.1, 0.15) is 16.1 Å². The third-order valence-corrected chi connectivity index (χ3v) is 6.14. The summed E-state index contributed by atoms with van der Waals surface area (Å²) >= 11 is 7.33. The molecule has 0 unspecified atom stereocenters. The van der Waals surface area contributed by atoms with E-state index < -0.39 is 5.91 Å². The van der Waals surface area contributed by atoms with E-state index in [9.17, 15) is 10.1 Å². The van der Waals surface area contributed by atoms with E-state index in [0.717, 1.165) is 32.8 Å². The molecule has 9 heteroatoms. The van der Waals surface area contributed by atoms with Crippen molar-refractivity contribution in [3.8, 4) is 11.8 Å². The molecule has 2 heterocycles. The van der Waals surface area contributed by atoms with E-state index in [1.165, 1.54) is 11.3 Å². The van der Waals surface area contributed by atoms with Crippen molar-refractivity contribution >= 4 is 51.0 Å². The number of hydrogen-bond acceptors (Lipinski definition) is 6. The minimum atomic E-state index is -0.521. The number of rotatable bonds is 7. The Morgan fingerprint density at radius 2 is 2.09 bits per heavy atom. The predicted molar refractivity (Wildman–Crippen MR) is 130 cm³/mol. The number of carbonyl (C=O) groups is 1. The van der Waals surface area contributed by atoms with Crippen LogP contribution in [0, 0.1) is 25.2 Å². The average Bonchev–Trinajstić information content (AvgIpc) is 3.37. The Balaban J connectivity index is 1.54. The van der Waals surface area contributed by atoms with Crippen molar-refractivity contribution in [2.24, 2.45) is 0 Å². The molecule has 1 amide bonds. The Bertz CT molecular complexity index is 1400. The van der Waals surface area contributed by atoms with Crippen molar-refractivity contribution in [3.63, 3.8) is 0 Å². The van der Waals surface area contributed by atoms with Gasteiger partial charge in [-0.05, 0) is 49.8 Å². The van der Waals surface area contributed by atoms with Gasteiger partial charge in [0.15, 0.2) is 0 Å². The van der Waals surface area contributed by atoms with E-state index in [1.54, 1.807) is 13.0 Å². The first kappa shape index (κ1) is 22.5. The Hall–Kier alpha value is -3.67. The fourth-order valence-electron chi connectivity index (χ4n) is 3.36. The number of amides is 1. The fraction of sp³-hybridized carbons (Fsp3) is 0.167. The Kier molecular flexibility index (Phi) is 6.73. The average molecular weight is 478 g/mol. The van der Waals surface area contributed by atoms with Crippen molar-refractivity contribution in [3.05, 3.63) is 75.4 Å². The normalized spacial score (nSPS) is 11.4. The summed E-state index contributed by atoms with van der Waals surface area (Å²) in [5, 5.41) is 22.7. The number of ether oxygens (including phenoxy) is 1. The zero-order valence-electron chi connectivity index (χ0n) is 18.0. The monoisotopic (exact) mass is 477 g/mol. The summed E-state index contributed by atoms with van der Waals surface area (Å²) in [6.45, 7) is 4.77. The van der Waals surface area contributed by atoms with Crippen molar-refractivity contribution in [2.45, 2.75) is 20.4 Å². The number of carbonyl (C=O) groups excluding carboxylic acids is 1. The molecule has 0 aliphatic carbocycles. The number of hydrogen-bond donors (Lipinski definition) is 1. The van der Waals surface area contributed by atoms with Gasteiger partial charge in [0.05, 0.1) is 6.54 Å². The van der Waals surface area contributed by atoms with E-state index in [1.807, 2.05) is 66.2 Å². The highest BCUT2D eigenvalue weighted by molar-refractivity contribution is 7.15. The van der Waals surface area contributed by atoms with Crippen LogP contribution in [0.3, 0.4) is 0 Å². The molecule has 0 bridgehead atoms. The number of para-hydroxylation sites is 1. The molecule has 2 aromatic carbocycles. The molecular weight excluding hydrogens is 458 g/mol. The number of nitriles is 1. The largest absolute Gasteiger partial charge is 0.492 e. The number of nitrogens with one attached hydrogen (secondary N) is 1. The van der Waals surface area contributed by atoms with Gasteiger partial charge >= 0.3 is 0 Å². The molecule has 0 spiro atoms. The third kappa shape index (κ3) is 5.22. The molecule has 0 aliphatic heterocycles. The second-order valence-corrected chi connectivity index (χ2v) is 8.89. The molecule has 7 nitrogen and oxygen atoms in total. The number of halogens is 1. The number of benzene rings is 2. The summed E-state index contributed by atoms with van der Waals surface area (Å²) in [5.41, 5.74) is 2.70. The van der Waals surface area contributed by atoms with Crippen LogP contribution in [0.25, 0.3) is 17.0 Å². The lowest BCUT2D eigenvalue weighted by molar-refractivity contribution is -0.112. The maximum absolute atomic E-state index is 12.6. The number of anilines is 1. The summed E-state index contributed by atoms with van der Waals surface area (Å²) in [6.07, 6.45) is 3.51. The summed E-state index contributed by atoms with van der Waals surface area (Å²) in [5.74, 6) is 0.232. The number of nitrogens with zero attached hydrogens (tertiary/aromatic N) is 4. The molecule has 0 atom stereocenters. The first-order valence-corrected chi connectivity index (χ1v) is 11.3. The van der Waals surface area contributed by atoms with Gasteiger partial charge < -0.3 is 9.30 Å². The highest BCUT2D eigenvalue weighted by Gasteiger charge is 2.14. The van der Waals surface area contributed by atoms with Gasteiger partial charge in [-0.3, -0.25) is 10.1 Å². The summed E-state index contributed by atoms with van der Waals surface area (Å²) in [4.78, 5) is 12.6. The Morgan fingerprint density at radius 1 is 1.27 bits per heavy atom. The molecule has 4 aromatic rings. The van der Waals surface area contributed by atoms with E-state index in [4.69, 9.17) is 16.3 Å². The van der Waals surface area contributed by atoms with Gasteiger partial charge in [-0.2, -0.15) is 5.26 Å². The molecule has 33 heavy (non-hydrogen) atoms. The van der Waals surface area contributed by atoms with Crippen LogP contribution >= 0.6 is 22.9 Å². The summed E-state index contributed by atoms with van der Waals surface area (Å²) < 4.78 is 7.94. The van der Waals surface area contributed by atoms with E-state index >= 15 is 0 Å². The lowest BCUT2D eigenvalue weighted by Gasteiger charge is -2.09. The van der Waals surface area contributed by atoms with Gasteiger partial charge in [0.2, 0.25) is 5.13 Å². The van der Waals surface area contributed by atoms with Crippen LogP contribution in [0.2, 0.25) is 5.02 Å². The molecule has 166 valence electrons. The van der Waals surface area contributed by atoms with Gasteiger partial charge in [-0.1, -0.05) is 41.1 Å². The second kappa shape index (κ2) is 9.86. The molecule has 0 saturated carbocycles. The molecule has 0 radical (unpaired) electrons. The molecule has 0 saturated heterocycles. The lowest BCUT2D eigenvalue weighted by Crippen LogP contribution is -2.13. The maximum Gasteiger partial charge on any atom is 0.268 e. The summed E-state index contributed by atoms with van der Waals surface area (Å²) in [7, 11) is 0. The number of aromatic nitrogens is 3. The van der Waals surface area contributed by atoms with Crippen LogP contribution in [0.4, 0.5) is 5.13 Å². The van der Waals surface area contributed by atoms with Crippen LogP contribution < -0.4 is 10.1 Å². The highest BCUT2D eigenvalue weighted by Crippen LogP contribution is 2.25.